The van der Waals surface area contributed by atoms with Crippen LogP contribution in [0.25, 0.3) is 10.9 Å². The van der Waals surface area contributed by atoms with Crippen LogP contribution in [-0.4, -0.2) is 64.2 Å². The van der Waals surface area contributed by atoms with Gasteiger partial charge in [-0.2, -0.15) is 0 Å². The van der Waals surface area contributed by atoms with Crippen LogP contribution in [-0.2, 0) is 4.74 Å². The maximum absolute atomic E-state index is 11.7. The minimum atomic E-state index is -1.07. The van der Waals surface area contributed by atoms with Crippen molar-refractivity contribution in [1.82, 2.24) is 9.88 Å². The zero-order valence-corrected chi connectivity index (χ0v) is 13.4. The number of benzene rings is 1. The van der Waals surface area contributed by atoms with Gasteiger partial charge in [0, 0.05) is 19.3 Å². The van der Waals surface area contributed by atoms with Crippen LogP contribution in [0.1, 0.15) is 0 Å². The molecule has 1 heterocycles. The summed E-state index contributed by atoms with van der Waals surface area (Å²) >= 11 is 0. The fourth-order valence-corrected chi connectivity index (χ4v) is 2.11. The van der Waals surface area contributed by atoms with Crippen LogP contribution in [0.4, 0.5) is 10.5 Å². The van der Waals surface area contributed by atoms with Crippen molar-refractivity contribution < 1.29 is 29.4 Å². The maximum atomic E-state index is 11.7. The number of nitro groups is 1. The van der Waals surface area contributed by atoms with Gasteiger partial charge in [-0.15, -0.1) is 0 Å². The largest absolute Gasteiger partial charge is 0.455 e. The van der Waals surface area contributed by atoms with Gasteiger partial charge in [-0.3, -0.25) is 15.1 Å². The monoisotopic (exact) mass is 351 g/mol. The van der Waals surface area contributed by atoms with Gasteiger partial charge in [0.25, 0.3) is 5.69 Å². The number of nitro benzene ring substituents is 1. The fourth-order valence-electron chi connectivity index (χ4n) is 2.11. The van der Waals surface area contributed by atoms with Crippen molar-refractivity contribution in [3.05, 3.63) is 40.6 Å². The van der Waals surface area contributed by atoms with Crippen molar-refractivity contribution in [2.45, 2.75) is 6.10 Å². The molecule has 0 aliphatic rings. The molecule has 0 bridgehead atoms. The van der Waals surface area contributed by atoms with Crippen LogP contribution in [0.2, 0.25) is 0 Å². The van der Waals surface area contributed by atoms with Gasteiger partial charge in [0.2, 0.25) is 6.79 Å². The lowest BCUT2D eigenvalue weighted by molar-refractivity contribution is -0.383. The van der Waals surface area contributed by atoms with E-state index in [0.717, 1.165) is 4.90 Å². The molecule has 1 aromatic heterocycles. The molecule has 134 valence electrons. The van der Waals surface area contributed by atoms with Crippen LogP contribution in [0.15, 0.2) is 30.5 Å². The third-order valence-corrected chi connectivity index (χ3v) is 3.31. The number of aromatic nitrogens is 1. The summed E-state index contributed by atoms with van der Waals surface area (Å²) < 4.78 is 10.2. The number of carbonyl (C=O) groups is 1. The Morgan fingerprint density at radius 2 is 2.20 bits per heavy atom. The van der Waals surface area contributed by atoms with Crippen molar-refractivity contribution in [2.75, 3.05) is 27.0 Å². The molecule has 0 spiro atoms. The Balaban J connectivity index is 2.03. The van der Waals surface area contributed by atoms with Gasteiger partial charge in [-0.25, -0.2) is 4.79 Å². The smallest absolute Gasteiger partial charge is 0.412 e. The Kier molecular flexibility index (Phi) is 6.03. The fraction of sp³-hybridized carbons (Fsp3) is 0.333. The second-order valence-corrected chi connectivity index (χ2v) is 5.13. The molecule has 0 aliphatic heterocycles. The van der Waals surface area contributed by atoms with E-state index in [4.69, 9.17) is 14.6 Å². The molecule has 2 N–H and O–H groups in total. The first-order chi connectivity index (χ1) is 11.9. The van der Waals surface area contributed by atoms with Crippen molar-refractivity contribution in [3.63, 3.8) is 0 Å². The first kappa shape index (κ1) is 18.4. The predicted molar refractivity (Wildman–Crippen MR) is 86.1 cm³/mol. The Morgan fingerprint density at radius 3 is 2.88 bits per heavy atom. The lowest BCUT2D eigenvalue weighted by atomic mass is 10.1. The SMILES string of the molecule is CN(CC(O)CO)C(=O)OCOc1ccc([N+](=O)[O-])c2cccnc12. The number of nitrogens with zero attached hydrogens (tertiary/aromatic N) is 3. The molecule has 2 rings (SSSR count). The minimum Gasteiger partial charge on any atom is -0.455 e. The van der Waals surface area contributed by atoms with Crippen LogP contribution in [0.3, 0.4) is 0 Å². The number of ether oxygens (including phenoxy) is 2. The molecule has 2 aromatic rings. The summed E-state index contributed by atoms with van der Waals surface area (Å²) in [6, 6.07) is 5.77. The number of likely N-dealkylation sites (N-methyl/N-ethyl adjacent to an activating group) is 1. The summed E-state index contributed by atoms with van der Waals surface area (Å²) in [6.45, 7) is -1.02. The van der Waals surface area contributed by atoms with E-state index in [2.05, 4.69) is 4.98 Å². The van der Waals surface area contributed by atoms with Gasteiger partial charge in [0.1, 0.15) is 11.3 Å². The molecule has 1 aromatic carbocycles. The van der Waals surface area contributed by atoms with E-state index in [1.807, 2.05) is 0 Å². The second-order valence-electron chi connectivity index (χ2n) is 5.13. The highest BCUT2D eigenvalue weighted by atomic mass is 16.7. The average molecular weight is 351 g/mol. The number of carbonyl (C=O) groups excluding carboxylic acids is 1. The van der Waals surface area contributed by atoms with Gasteiger partial charge >= 0.3 is 6.09 Å². The summed E-state index contributed by atoms with van der Waals surface area (Å²) in [6.07, 6.45) is -0.359. The molecular formula is C15H17N3O7. The van der Waals surface area contributed by atoms with E-state index in [9.17, 15) is 20.0 Å². The predicted octanol–water partition coefficient (Wildman–Crippen LogP) is 0.901. The summed E-state index contributed by atoms with van der Waals surface area (Å²) in [5, 5.41) is 29.4. The molecule has 10 nitrogen and oxygen atoms in total. The maximum Gasteiger partial charge on any atom is 0.412 e. The van der Waals surface area contributed by atoms with Crippen molar-refractivity contribution in [2.24, 2.45) is 0 Å². The number of rotatable bonds is 7. The van der Waals surface area contributed by atoms with E-state index in [0.29, 0.717) is 5.39 Å². The topological polar surface area (TPSA) is 135 Å². The number of hydrogen-bond acceptors (Lipinski definition) is 8. The highest BCUT2D eigenvalue weighted by molar-refractivity contribution is 5.92. The molecule has 1 atom stereocenters. The van der Waals surface area contributed by atoms with E-state index < -0.39 is 30.5 Å². The first-order valence-corrected chi connectivity index (χ1v) is 7.25. The van der Waals surface area contributed by atoms with Crippen molar-refractivity contribution >= 4 is 22.7 Å². The summed E-state index contributed by atoms with van der Waals surface area (Å²) in [5.41, 5.74) is 0.168. The molecule has 0 aliphatic carbocycles. The Labute approximate surface area is 142 Å². The first-order valence-electron chi connectivity index (χ1n) is 7.25. The number of aliphatic hydroxyl groups is 2. The van der Waals surface area contributed by atoms with E-state index >= 15 is 0 Å². The number of hydrogen-bond donors (Lipinski definition) is 2. The third-order valence-electron chi connectivity index (χ3n) is 3.31. The lowest BCUT2D eigenvalue weighted by Gasteiger charge is -2.19. The van der Waals surface area contributed by atoms with E-state index in [-0.39, 0.29) is 23.5 Å². The second kappa shape index (κ2) is 8.22. The zero-order chi connectivity index (χ0) is 18.4. The lowest BCUT2D eigenvalue weighted by Crippen LogP contribution is -2.36. The van der Waals surface area contributed by atoms with Crippen LogP contribution in [0, 0.1) is 10.1 Å². The number of pyridine rings is 1. The molecular weight excluding hydrogens is 334 g/mol. The van der Waals surface area contributed by atoms with Gasteiger partial charge in [-0.05, 0) is 18.2 Å². The Morgan fingerprint density at radius 1 is 1.44 bits per heavy atom. The molecule has 0 saturated carbocycles. The normalized spacial score (nSPS) is 11.8. The zero-order valence-electron chi connectivity index (χ0n) is 13.4. The van der Waals surface area contributed by atoms with Gasteiger partial charge < -0.3 is 24.6 Å². The van der Waals surface area contributed by atoms with Gasteiger partial charge in [0.05, 0.1) is 29.6 Å². The number of fused-ring (bicyclic) bond motifs is 1. The molecule has 10 heteroatoms. The molecule has 25 heavy (non-hydrogen) atoms. The van der Waals surface area contributed by atoms with Crippen LogP contribution in [0.5, 0.6) is 5.75 Å². The quantitative estimate of drug-likeness (QED) is 0.427. The Bertz CT molecular complexity index is 768. The van der Waals surface area contributed by atoms with Crippen LogP contribution < -0.4 is 4.74 Å². The average Bonchev–Trinajstić information content (AvgIpc) is 2.61. The standard InChI is InChI=1S/C15H17N3O7/c1-17(7-10(20)8-19)15(21)25-9-24-13-5-4-12(18(22)23)11-3-2-6-16-14(11)13/h2-6,10,19-20H,7-9H2,1H3. The van der Waals surface area contributed by atoms with Crippen LogP contribution >= 0.6 is 0 Å². The number of non-ortho nitro benzene ring substituents is 1. The van der Waals surface area contributed by atoms with Crippen molar-refractivity contribution in [3.8, 4) is 5.75 Å². The molecule has 1 unspecified atom stereocenters. The third kappa shape index (κ3) is 4.52. The molecule has 0 saturated heterocycles. The number of aliphatic hydroxyl groups excluding tert-OH is 2. The van der Waals surface area contributed by atoms with Gasteiger partial charge in [0.15, 0.2) is 0 Å². The molecule has 1 amide bonds. The highest BCUT2D eigenvalue weighted by Crippen LogP contribution is 2.31. The molecule has 0 radical (unpaired) electrons. The summed E-state index contributed by atoms with van der Waals surface area (Å²) in [5.74, 6) is 0.229. The van der Waals surface area contributed by atoms with Gasteiger partial charge in [-0.1, -0.05) is 0 Å². The highest BCUT2D eigenvalue weighted by Gasteiger charge is 2.17. The Hall–Kier alpha value is -2.98. The minimum absolute atomic E-state index is 0.0998. The molecule has 0 fully saturated rings. The van der Waals surface area contributed by atoms with E-state index in [1.54, 1.807) is 12.1 Å². The number of amides is 1. The summed E-state index contributed by atoms with van der Waals surface area (Å²) in [4.78, 5) is 27.4. The van der Waals surface area contributed by atoms with E-state index in [1.165, 1.54) is 25.4 Å². The summed E-state index contributed by atoms with van der Waals surface area (Å²) in [7, 11) is 1.39. The van der Waals surface area contributed by atoms with Crippen molar-refractivity contribution in [1.29, 1.82) is 0 Å².